The Hall–Kier alpha value is -0.620. The smallest absolute Gasteiger partial charge is 0.213 e. The molecule has 1 aliphatic heterocycles. The van der Waals surface area contributed by atoms with Crippen LogP contribution in [-0.2, 0) is 10.0 Å². The molecular formula is C16H25ClN2O2S. The zero-order valence-electron chi connectivity index (χ0n) is 13.3. The third-order valence-electron chi connectivity index (χ3n) is 4.34. The SMILES string of the molecule is CCS(=O)(=O)N1CCC(NC[C@H](C)c2cccc(Cl)c2)CC1. The van der Waals surface area contributed by atoms with E-state index in [1.54, 1.807) is 11.2 Å². The van der Waals surface area contributed by atoms with Crippen molar-refractivity contribution in [1.82, 2.24) is 9.62 Å². The lowest BCUT2D eigenvalue weighted by Gasteiger charge is -2.32. The molecule has 22 heavy (non-hydrogen) atoms. The molecule has 0 bridgehead atoms. The molecule has 1 aromatic rings. The molecule has 1 heterocycles. The molecule has 0 aromatic heterocycles. The quantitative estimate of drug-likeness (QED) is 0.863. The van der Waals surface area contributed by atoms with Gasteiger partial charge in [0.25, 0.3) is 0 Å². The maximum atomic E-state index is 11.8. The van der Waals surface area contributed by atoms with Gasteiger partial charge in [0.05, 0.1) is 5.75 Å². The summed E-state index contributed by atoms with van der Waals surface area (Å²) in [6.07, 6.45) is 1.75. The van der Waals surface area contributed by atoms with Crippen molar-refractivity contribution >= 4 is 21.6 Å². The molecule has 0 aliphatic carbocycles. The lowest BCUT2D eigenvalue weighted by Crippen LogP contribution is -2.46. The number of piperidine rings is 1. The third kappa shape index (κ3) is 4.69. The normalized spacial score (nSPS) is 19.2. The average molecular weight is 345 g/mol. The summed E-state index contributed by atoms with van der Waals surface area (Å²) in [6.45, 7) is 6.01. The topological polar surface area (TPSA) is 49.4 Å². The number of benzene rings is 1. The molecule has 0 unspecified atom stereocenters. The van der Waals surface area contributed by atoms with Crippen molar-refractivity contribution in [2.45, 2.75) is 38.6 Å². The van der Waals surface area contributed by atoms with Crippen LogP contribution in [0.15, 0.2) is 24.3 Å². The minimum atomic E-state index is -3.03. The monoisotopic (exact) mass is 344 g/mol. The van der Waals surface area contributed by atoms with Crippen LogP contribution in [0.25, 0.3) is 0 Å². The highest BCUT2D eigenvalue weighted by Crippen LogP contribution is 2.20. The first-order valence-corrected chi connectivity index (χ1v) is 9.87. The van der Waals surface area contributed by atoms with Gasteiger partial charge < -0.3 is 5.32 Å². The minimum Gasteiger partial charge on any atom is -0.313 e. The Bertz CT molecular complexity index is 584. The summed E-state index contributed by atoms with van der Waals surface area (Å²) in [7, 11) is -3.03. The van der Waals surface area contributed by atoms with Crippen LogP contribution in [0, 0.1) is 0 Å². The van der Waals surface area contributed by atoms with Crippen LogP contribution in [0.4, 0.5) is 0 Å². The molecule has 1 fully saturated rings. The zero-order chi connectivity index (χ0) is 16.2. The molecule has 6 heteroatoms. The molecule has 0 spiro atoms. The summed E-state index contributed by atoms with van der Waals surface area (Å²) in [5, 5.41) is 4.33. The van der Waals surface area contributed by atoms with Gasteiger partial charge in [-0.1, -0.05) is 30.7 Å². The van der Waals surface area contributed by atoms with E-state index < -0.39 is 10.0 Å². The lowest BCUT2D eigenvalue weighted by molar-refractivity contribution is 0.288. The van der Waals surface area contributed by atoms with Crippen LogP contribution < -0.4 is 5.32 Å². The number of nitrogens with one attached hydrogen (secondary N) is 1. The Morgan fingerprint density at radius 1 is 1.36 bits per heavy atom. The van der Waals surface area contributed by atoms with Gasteiger partial charge >= 0.3 is 0 Å². The second-order valence-electron chi connectivity index (χ2n) is 5.94. The van der Waals surface area contributed by atoms with E-state index in [-0.39, 0.29) is 5.75 Å². The van der Waals surface area contributed by atoms with Gasteiger partial charge in [0.15, 0.2) is 0 Å². The van der Waals surface area contributed by atoms with Gasteiger partial charge in [-0.05, 0) is 43.4 Å². The van der Waals surface area contributed by atoms with Crippen LogP contribution in [-0.4, -0.2) is 44.2 Å². The van der Waals surface area contributed by atoms with E-state index in [0.717, 1.165) is 24.4 Å². The number of halogens is 1. The van der Waals surface area contributed by atoms with Crippen LogP contribution in [0.3, 0.4) is 0 Å². The molecular weight excluding hydrogens is 320 g/mol. The summed E-state index contributed by atoms with van der Waals surface area (Å²) in [4.78, 5) is 0. The van der Waals surface area contributed by atoms with E-state index in [1.165, 1.54) is 5.56 Å². The fourth-order valence-corrected chi connectivity index (χ4v) is 4.13. The van der Waals surface area contributed by atoms with E-state index in [4.69, 9.17) is 11.6 Å². The summed E-state index contributed by atoms with van der Waals surface area (Å²) < 4.78 is 25.3. The second kappa shape index (κ2) is 7.77. The molecule has 0 saturated carbocycles. The molecule has 2 rings (SSSR count). The molecule has 1 atom stereocenters. The van der Waals surface area contributed by atoms with Crippen molar-refractivity contribution in [3.05, 3.63) is 34.9 Å². The van der Waals surface area contributed by atoms with Crippen molar-refractivity contribution in [2.24, 2.45) is 0 Å². The van der Waals surface area contributed by atoms with Crippen molar-refractivity contribution in [3.8, 4) is 0 Å². The Balaban J connectivity index is 1.79. The highest BCUT2D eigenvalue weighted by atomic mass is 35.5. The zero-order valence-corrected chi connectivity index (χ0v) is 14.8. The van der Waals surface area contributed by atoms with Gasteiger partial charge in [0, 0.05) is 30.7 Å². The molecule has 1 N–H and O–H groups in total. The van der Waals surface area contributed by atoms with E-state index in [0.29, 0.717) is 25.0 Å². The number of hydrogen-bond acceptors (Lipinski definition) is 3. The largest absolute Gasteiger partial charge is 0.313 e. The van der Waals surface area contributed by atoms with Gasteiger partial charge in [-0.15, -0.1) is 0 Å². The summed E-state index contributed by atoms with van der Waals surface area (Å²) in [5.41, 5.74) is 1.23. The van der Waals surface area contributed by atoms with Crippen LogP contribution >= 0.6 is 11.6 Å². The van der Waals surface area contributed by atoms with Crippen LogP contribution in [0.2, 0.25) is 5.02 Å². The first-order chi connectivity index (χ1) is 10.4. The predicted molar refractivity (Wildman–Crippen MR) is 91.9 cm³/mol. The first-order valence-electron chi connectivity index (χ1n) is 7.89. The van der Waals surface area contributed by atoms with Gasteiger partial charge in [0.2, 0.25) is 10.0 Å². The van der Waals surface area contributed by atoms with Crippen molar-refractivity contribution in [3.63, 3.8) is 0 Å². The number of nitrogens with zero attached hydrogens (tertiary/aromatic N) is 1. The van der Waals surface area contributed by atoms with Crippen molar-refractivity contribution in [1.29, 1.82) is 0 Å². The fraction of sp³-hybridized carbons (Fsp3) is 0.625. The number of rotatable bonds is 6. The number of hydrogen-bond donors (Lipinski definition) is 1. The highest BCUT2D eigenvalue weighted by molar-refractivity contribution is 7.89. The Kier molecular flexibility index (Phi) is 6.26. The molecule has 1 saturated heterocycles. The molecule has 1 aromatic carbocycles. The van der Waals surface area contributed by atoms with Crippen molar-refractivity contribution in [2.75, 3.05) is 25.4 Å². The average Bonchev–Trinajstić information content (AvgIpc) is 2.53. The highest BCUT2D eigenvalue weighted by Gasteiger charge is 2.26. The summed E-state index contributed by atoms with van der Waals surface area (Å²) in [5.74, 6) is 0.577. The van der Waals surface area contributed by atoms with E-state index in [9.17, 15) is 8.42 Å². The second-order valence-corrected chi connectivity index (χ2v) is 8.63. The standard InChI is InChI=1S/C16H25ClN2O2S/c1-3-22(20,21)19-9-7-16(8-10-19)18-12-13(2)14-5-4-6-15(17)11-14/h4-6,11,13,16,18H,3,7-10,12H2,1-2H3/t13-/m0/s1. The lowest BCUT2D eigenvalue weighted by atomic mass is 10.00. The molecule has 0 radical (unpaired) electrons. The van der Waals surface area contributed by atoms with Crippen LogP contribution in [0.5, 0.6) is 0 Å². The fourth-order valence-electron chi connectivity index (χ4n) is 2.80. The Labute approximate surface area is 138 Å². The molecule has 4 nitrogen and oxygen atoms in total. The molecule has 124 valence electrons. The van der Waals surface area contributed by atoms with Crippen molar-refractivity contribution < 1.29 is 8.42 Å². The molecule has 1 aliphatic rings. The van der Waals surface area contributed by atoms with Crippen LogP contribution in [0.1, 0.15) is 38.2 Å². The summed E-state index contributed by atoms with van der Waals surface area (Å²) in [6, 6.07) is 8.35. The molecule has 0 amide bonds. The van der Waals surface area contributed by atoms with E-state index in [2.05, 4.69) is 18.3 Å². The van der Waals surface area contributed by atoms with E-state index in [1.807, 2.05) is 18.2 Å². The van der Waals surface area contributed by atoms with Gasteiger partial charge in [0.1, 0.15) is 0 Å². The third-order valence-corrected chi connectivity index (χ3v) is 6.46. The van der Waals surface area contributed by atoms with E-state index >= 15 is 0 Å². The Morgan fingerprint density at radius 2 is 2.05 bits per heavy atom. The summed E-state index contributed by atoms with van der Waals surface area (Å²) >= 11 is 6.03. The van der Waals surface area contributed by atoms with Gasteiger partial charge in [-0.25, -0.2) is 12.7 Å². The van der Waals surface area contributed by atoms with Gasteiger partial charge in [-0.3, -0.25) is 0 Å². The maximum Gasteiger partial charge on any atom is 0.213 e. The predicted octanol–water partition coefficient (Wildman–Crippen LogP) is 2.85. The Morgan fingerprint density at radius 3 is 2.64 bits per heavy atom. The minimum absolute atomic E-state index is 0.191. The first kappa shape index (κ1) is 17.7. The maximum absolute atomic E-state index is 11.8. The van der Waals surface area contributed by atoms with Gasteiger partial charge in [-0.2, -0.15) is 0 Å². The number of sulfonamides is 1.